The number of rotatable bonds is 5. The van der Waals surface area contributed by atoms with Crippen molar-refractivity contribution in [2.45, 2.75) is 24.6 Å². The molecular formula is C23H19F4N3O3. The van der Waals surface area contributed by atoms with E-state index in [1.54, 1.807) is 0 Å². The molecule has 3 aromatic rings. The van der Waals surface area contributed by atoms with Crippen LogP contribution in [0.2, 0.25) is 0 Å². The van der Waals surface area contributed by atoms with E-state index >= 15 is 0 Å². The van der Waals surface area contributed by atoms with Crippen LogP contribution in [0.1, 0.15) is 50.4 Å². The van der Waals surface area contributed by atoms with Gasteiger partial charge < -0.3 is 10.1 Å². The minimum Gasteiger partial charge on any atom is -0.382 e. The van der Waals surface area contributed by atoms with Crippen molar-refractivity contribution in [2.75, 3.05) is 19.0 Å². The van der Waals surface area contributed by atoms with Gasteiger partial charge in [-0.15, -0.1) is 0 Å². The third kappa shape index (κ3) is 4.38. The van der Waals surface area contributed by atoms with E-state index in [9.17, 15) is 27.2 Å². The maximum atomic E-state index is 14.0. The third-order valence-electron chi connectivity index (χ3n) is 5.57. The summed E-state index contributed by atoms with van der Waals surface area (Å²) >= 11 is 0. The summed E-state index contributed by atoms with van der Waals surface area (Å²) in [6.45, 7) is 0.194. The van der Waals surface area contributed by atoms with Crippen LogP contribution in [0.25, 0.3) is 0 Å². The van der Waals surface area contributed by atoms with Crippen molar-refractivity contribution in [2.24, 2.45) is 0 Å². The Balaban J connectivity index is 1.68. The van der Waals surface area contributed by atoms with Crippen LogP contribution < -0.4 is 5.32 Å². The van der Waals surface area contributed by atoms with Gasteiger partial charge in [-0.05, 0) is 36.2 Å². The van der Waals surface area contributed by atoms with Crippen LogP contribution in [0.3, 0.4) is 0 Å². The van der Waals surface area contributed by atoms with E-state index in [1.165, 1.54) is 48.3 Å². The minimum absolute atomic E-state index is 0.0814. The lowest BCUT2D eigenvalue weighted by Gasteiger charge is -2.30. The Kier molecular flexibility index (Phi) is 6.03. The van der Waals surface area contributed by atoms with Gasteiger partial charge in [-0.25, -0.2) is 4.39 Å². The summed E-state index contributed by atoms with van der Waals surface area (Å²) in [4.78, 5) is 26.0. The number of hydrogen-bond acceptors (Lipinski definition) is 4. The molecule has 2 heterocycles. The summed E-state index contributed by atoms with van der Waals surface area (Å²) < 4.78 is 59.5. The van der Waals surface area contributed by atoms with Crippen LogP contribution in [0.15, 0.2) is 54.7 Å². The number of carbonyl (C=O) groups excluding carboxylic acids is 2. The molecule has 33 heavy (non-hydrogen) atoms. The molecule has 0 spiro atoms. The van der Waals surface area contributed by atoms with Crippen LogP contribution in [-0.4, -0.2) is 35.2 Å². The number of halogens is 4. The van der Waals surface area contributed by atoms with E-state index in [-0.39, 0.29) is 30.0 Å². The number of hydrogen-bond donors (Lipinski definition) is 1. The SMILES string of the molecule is COCC1CC(c2ccc(C(F)(F)F)cc2)C(=O)c2c(NC(=O)c3ccccc3F)cnn21. The number of methoxy groups -OCH3 is 1. The lowest BCUT2D eigenvalue weighted by Crippen LogP contribution is -2.32. The Bertz CT molecular complexity index is 1190. The second kappa shape index (κ2) is 8.78. The van der Waals surface area contributed by atoms with Gasteiger partial charge in [0.05, 0.1) is 41.6 Å². The predicted molar refractivity (Wildman–Crippen MR) is 111 cm³/mol. The fraction of sp³-hybridized carbons (Fsp3) is 0.261. The molecule has 0 saturated carbocycles. The molecule has 1 aliphatic heterocycles. The van der Waals surface area contributed by atoms with Gasteiger partial charge in [-0.2, -0.15) is 18.3 Å². The van der Waals surface area contributed by atoms with Gasteiger partial charge in [0, 0.05) is 7.11 Å². The number of carbonyl (C=O) groups is 2. The number of fused-ring (bicyclic) bond motifs is 1. The van der Waals surface area contributed by atoms with E-state index in [2.05, 4.69) is 10.4 Å². The van der Waals surface area contributed by atoms with Crippen LogP contribution in [0.5, 0.6) is 0 Å². The number of ether oxygens (including phenoxy) is 1. The number of amides is 1. The Morgan fingerprint density at radius 3 is 2.52 bits per heavy atom. The molecule has 1 amide bonds. The van der Waals surface area contributed by atoms with Crippen LogP contribution in [0, 0.1) is 5.82 Å². The monoisotopic (exact) mass is 461 g/mol. The fourth-order valence-corrected chi connectivity index (χ4v) is 3.98. The molecule has 10 heteroatoms. The lowest BCUT2D eigenvalue weighted by atomic mass is 9.84. The fourth-order valence-electron chi connectivity index (χ4n) is 3.98. The Morgan fingerprint density at radius 1 is 1.18 bits per heavy atom. The highest BCUT2D eigenvalue weighted by Gasteiger charge is 2.38. The van der Waals surface area contributed by atoms with Crippen molar-refractivity contribution < 1.29 is 31.9 Å². The molecule has 0 bridgehead atoms. The van der Waals surface area contributed by atoms with Crippen LogP contribution >= 0.6 is 0 Å². The summed E-state index contributed by atoms with van der Waals surface area (Å²) in [5.41, 5.74) is -0.434. The number of Topliss-reactive ketones (excluding diaryl/α,β-unsaturated/α-hetero) is 1. The molecule has 0 saturated heterocycles. The standard InChI is InChI=1S/C23H19F4N3O3/c1-33-12-15-10-17(13-6-8-14(9-7-13)23(25,26)27)21(31)20-19(11-28-30(15)20)29-22(32)16-4-2-3-5-18(16)24/h2-9,11,15,17H,10,12H2,1H3,(H,29,32). The highest BCUT2D eigenvalue weighted by atomic mass is 19.4. The van der Waals surface area contributed by atoms with Crippen molar-refractivity contribution in [1.82, 2.24) is 9.78 Å². The van der Waals surface area contributed by atoms with Crippen molar-refractivity contribution in [3.05, 3.63) is 82.9 Å². The minimum atomic E-state index is -4.49. The van der Waals surface area contributed by atoms with Gasteiger partial charge in [-0.1, -0.05) is 24.3 Å². The lowest BCUT2D eigenvalue weighted by molar-refractivity contribution is -0.137. The van der Waals surface area contributed by atoms with E-state index in [0.29, 0.717) is 5.56 Å². The first kappa shape index (κ1) is 22.7. The molecule has 2 unspecified atom stereocenters. The first-order chi connectivity index (χ1) is 15.7. The molecule has 1 N–H and O–H groups in total. The molecule has 1 aromatic heterocycles. The zero-order chi connectivity index (χ0) is 23.8. The Hall–Kier alpha value is -3.53. The predicted octanol–water partition coefficient (Wildman–Crippen LogP) is 4.85. The molecular weight excluding hydrogens is 442 g/mol. The van der Waals surface area contributed by atoms with Crippen LogP contribution in [0.4, 0.5) is 23.2 Å². The molecule has 2 aromatic carbocycles. The third-order valence-corrected chi connectivity index (χ3v) is 5.57. The summed E-state index contributed by atoms with van der Waals surface area (Å²) in [5.74, 6) is -2.65. The second-order valence-electron chi connectivity index (χ2n) is 7.67. The molecule has 1 aliphatic rings. The molecule has 0 fully saturated rings. The molecule has 172 valence electrons. The summed E-state index contributed by atoms with van der Waals surface area (Å²) in [7, 11) is 1.48. The molecule has 0 radical (unpaired) electrons. The second-order valence-corrected chi connectivity index (χ2v) is 7.67. The average Bonchev–Trinajstić information content (AvgIpc) is 3.20. The number of benzene rings is 2. The summed E-state index contributed by atoms with van der Waals surface area (Å²) in [5, 5.41) is 6.74. The topological polar surface area (TPSA) is 73.2 Å². The summed E-state index contributed by atoms with van der Waals surface area (Å²) in [6, 6.07) is 9.42. The Morgan fingerprint density at radius 2 is 1.88 bits per heavy atom. The Labute approximate surface area is 186 Å². The van der Waals surface area contributed by atoms with Gasteiger partial charge in [-0.3, -0.25) is 14.3 Å². The highest BCUT2D eigenvalue weighted by Crippen LogP contribution is 2.39. The van der Waals surface area contributed by atoms with Gasteiger partial charge in [0.15, 0.2) is 5.78 Å². The first-order valence-corrected chi connectivity index (χ1v) is 10.0. The van der Waals surface area contributed by atoms with Crippen LogP contribution in [-0.2, 0) is 10.9 Å². The number of ketones is 1. The zero-order valence-electron chi connectivity index (χ0n) is 17.4. The van der Waals surface area contributed by atoms with Crippen molar-refractivity contribution in [3.63, 3.8) is 0 Å². The number of alkyl halides is 3. The van der Waals surface area contributed by atoms with Gasteiger partial charge in [0.1, 0.15) is 11.5 Å². The average molecular weight is 461 g/mol. The van der Waals surface area contributed by atoms with E-state index in [4.69, 9.17) is 4.74 Å². The number of nitrogens with one attached hydrogen (secondary N) is 1. The number of nitrogens with zero attached hydrogens (tertiary/aromatic N) is 2. The summed E-state index contributed by atoms with van der Waals surface area (Å²) in [6.07, 6.45) is -2.94. The van der Waals surface area contributed by atoms with Gasteiger partial charge in [0.25, 0.3) is 5.91 Å². The number of aromatic nitrogens is 2. The molecule has 2 atom stereocenters. The van der Waals surface area contributed by atoms with E-state index in [0.717, 1.165) is 18.2 Å². The highest BCUT2D eigenvalue weighted by molar-refractivity contribution is 6.10. The quantitative estimate of drug-likeness (QED) is 0.552. The maximum absolute atomic E-state index is 14.0. The van der Waals surface area contributed by atoms with E-state index in [1.807, 2.05) is 0 Å². The smallest absolute Gasteiger partial charge is 0.382 e. The zero-order valence-corrected chi connectivity index (χ0v) is 17.4. The van der Waals surface area contributed by atoms with Crippen molar-refractivity contribution >= 4 is 17.4 Å². The van der Waals surface area contributed by atoms with Crippen molar-refractivity contribution in [3.8, 4) is 0 Å². The molecule has 0 aliphatic carbocycles. The molecule has 4 rings (SSSR count). The van der Waals surface area contributed by atoms with Crippen molar-refractivity contribution in [1.29, 1.82) is 0 Å². The van der Waals surface area contributed by atoms with E-state index < -0.39 is 41.2 Å². The van der Waals surface area contributed by atoms with Gasteiger partial charge in [0.2, 0.25) is 0 Å². The maximum Gasteiger partial charge on any atom is 0.416 e. The molecule has 6 nitrogen and oxygen atoms in total. The first-order valence-electron chi connectivity index (χ1n) is 10.0. The normalized spacial score (nSPS) is 18.2. The van der Waals surface area contributed by atoms with Gasteiger partial charge >= 0.3 is 6.18 Å². The number of anilines is 1. The largest absolute Gasteiger partial charge is 0.416 e.